The Hall–Kier alpha value is -0.820. The van der Waals surface area contributed by atoms with E-state index in [0.29, 0.717) is 11.5 Å². The molecule has 0 aliphatic heterocycles. The minimum absolute atomic E-state index is 0.425. The molecule has 0 heterocycles. The number of aryl methyl sites for hydroxylation is 2. The molecule has 100 valence electrons. The van der Waals surface area contributed by atoms with Gasteiger partial charge in [-0.25, -0.2) is 0 Å². The molecule has 0 spiro atoms. The van der Waals surface area contributed by atoms with Crippen LogP contribution in [0.1, 0.15) is 56.2 Å². The summed E-state index contributed by atoms with van der Waals surface area (Å²) in [5.41, 5.74) is 4.85. The normalized spacial score (nSPS) is 31.2. The van der Waals surface area contributed by atoms with E-state index in [0.717, 1.165) is 12.5 Å². The van der Waals surface area contributed by atoms with Gasteiger partial charge in [-0.2, -0.15) is 0 Å². The molecule has 0 radical (unpaired) electrons. The Morgan fingerprint density at radius 3 is 2.61 bits per heavy atom. The minimum atomic E-state index is 0.425. The number of hydrogen-bond donors (Lipinski definition) is 1. The van der Waals surface area contributed by atoms with Crippen molar-refractivity contribution in [1.29, 1.82) is 0 Å². The lowest BCUT2D eigenvalue weighted by Gasteiger charge is -2.55. The zero-order valence-electron chi connectivity index (χ0n) is 12.5. The summed E-state index contributed by atoms with van der Waals surface area (Å²) in [7, 11) is 0. The summed E-state index contributed by atoms with van der Waals surface area (Å²) in [6, 6.07) is 7.59. The Morgan fingerprint density at radius 1 is 1.28 bits per heavy atom. The van der Waals surface area contributed by atoms with Gasteiger partial charge in [0, 0.05) is 6.04 Å². The van der Waals surface area contributed by atoms with Gasteiger partial charge in [0.05, 0.1) is 0 Å². The highest BCUT2D eigenvalue weighted by Crippen LogP contribution is 2.55. The van der Waals surface area contributed by atoms with E-state index in [-0.39, 0.29) is 0 Å². The van der Waals surface area contributed by atoms with Crippen LogP contribution in [-0.4, -0.2) is 12.6 Å². The van der Waals surface area contributed by atoms with Gasteiger partial charge in [0.1, 0.15) is 0 Å². The van der Waals surface area contributed by atoms with E-state index in [2.05, 4.69) is 58.1 Å². The van der Waals surface area contributed by atoms with E-state index in [1.807, 2.05) is 0 Å². The minimum Gasteiger partial charge on any atom is -0.314 e. The zero-order chi connectivity index (χ0) is 13.3. The lowest BCUT2D eigenvalue weighted by molar-refractivity contribution is 0.0451. The maximum atomic E-state index is 3.66. The van der Waals surface area contributed by atoms with Crippen LogP contribution in [0.2, 0.25) is 0 Å². The highest BCUT2D eigenvalue weighted by Gasteiger charge is 2.50. The van der Waals surface area contributed by atoms with E-state index >= 15 is 0 Å². The number of hydrogen-bond acceptors (Lipinski definition) is 1. The van der Waals surface area contributed by atoms with Crippen molar-refractivity contribution >= 4 is 0 Å². The van der Waals surface area contributed by atoms with Crippen LogP contribution in [0.5, 0.6) is 0 Å². The average Bonchev–Trinajstić information content (AvgIpc) is 2.36. The Bertz CT molecular complexity index is 424. The molecule has 0 amide bonds. The summed E-state index contributed by atoms with van der Waals surface area (Å²) >= 11 is 0. The first-order valence-corrected chi connectivity index (χ1v) is 7.33. The van der Waals surface area contributed by atoms with Crippen molar-refractivity contribution in [3.63, 3.8) is 0 Å². The van der Waals surface area contributed by atoms with Gasteiger partial charge in [-0.05, 0) is 55.7 Å². The third kappa shape index (κ3) is 2.09. The van der Waals surface area contributed by atoms with Gasteiger partial charge in [0.2, 0.25) is 0 Å². The lowest BCUT2D eigenvalue weighted by Crippen LogP contribution is -2.56. The van der Waals surface area contributed by atoms with E-state index in [1.54, 1.807) is 5.56 Å². The second-order valence-electron chi connectivity index (χ2n) is 6.12. The van der Waals surface area contributed by atoms with Crippen LogP contribution in [-0.2, 0) is 0 Å². The second-order valence-corrected chi connectivity index (χ2v) is 6.12. The van der Waals surface area contributed by atoms with Gasteiger partial charge >= 0.3 is 0 Å². The molecule has 3 atom stereocenters. The fraction of sp³-hybridized carbons (Fsp3) is 0.647. The summed E-state index contributed by atoms with van der Waals surface area (Å²) in [6.07, 6.45) is 2.55. The van der Waals surface area contributed by atoms with Crippen molar-refractivity contribution in [2.24, 2.45) is 5.41 Å². The topological polar surface area (TPSA) is 12.0 Å². The zero-order valence-corrected chi connectivity index (χ0v) is 12.5. The molecule has 1 aromatic rings. The largest absolute Gasteiger partial charge is 0.314 e. The van der Waals surface area contributed by atoms with Crippen molar-refractivity contribution in [3.8, 4) is 0 Å². The van der Waals surface area contributed by atoms with E-state index in [9.17, 15) is 0 Å². The number of nitrogens with one attached hydrogen (secondary N) is 1. The van der Waals surface area contributed by atoms with Gasteiger partial charge in [-0.15, -0.1) is 0 Å². The van der Waals surface area contributed by atoms with Gasteiger partial charge < -0.3 is 5.32 Å². The van der Waals surface area contributed by atoms with E-state index < -0.39 is 0 Å². The third-order valence-electron chi connectivity index (χ3n) is 5.09. The van der Waals surface area contributed by atoms with Gasteiger partial charge in [-0.3, -0.25) is 0 Å². The summed E-state index contributed by atoms with van der Waals surface area (Å²) in [5.74, 6) is 0.728. The molecule has 3 unspecified atom stereocenters. The summed E-state index contributed by atoms with van der Waals surface area (Å²) in [5, 5.41) is 3.66. The van der Waals surface area contributed by atoms with Crippen LogP contribution in [0.4, 0.5) is 0 Å². The van der Waals surface area contributed by atoms with Crippen molar-refractivity contribution in [3.05, 3.63) is 34.9 Å². The van der Waals surface area contributed by atoms with Crippen LogP contribution in [0.15, 0.2) is 18.2 Å². The van der Waals surface area contributed by atoms with Crippen molar-refractivity contribution < 1.29 is 0 Å². The van der Waals surface area contributed by atoms with E-state index in [1.165, 1.54) is 24.0 Å². The predicted molar refractivity (Wildman–Crippen MR) is 79.1 cm³/mol. The molecule has 2 rings (SSSR count). The van der Waals surface area contributed by atoms with Crippen LogP contribution in [0.3, 0.4) is 0 Å². The summed E-state index contributed by atoms with van der Waals surface area (Å²) < 4.78 is 0. The van der Waals surface area contributed by atoms with Gasteiger partial charge in [0.25, 0.3) is 0 Å². The molecule has 1 fully saturated rings. The Kier molecular flexibility index (Phi) is 3.82. The van der Waals surface area contributed by atoms with E-state index in [4.69, 9.17) is 0 Å². The molecule has 1 aliphatic carbocycles. The maximum absolute atomic E-state index is 3.66. The smallest absolute Gasteiger partial charge is 0.0132 e. The van der Waals surface area contributed by atoms with Crippen LogP contribution in [0.25, 0.3) is 0 Å². The SMILES string of the molecule is CCNC1CC(c2cc(C)ccc2C)C1(C)CC. The molecule has 1 nitrogen and oxygen atoms in total. The molecule has 1 aliphatic rings. The lowest BCUT2D eigenvalue weighted by atomic mass is 9.53. The third-order valence-corrected chi connectivity index (χ3v) is 5.09. The van der Waals surface area contributed by atoms with Crippen molar-refractivity contribution in [2.45, 2.75) is 59.4 Å². The quantitative estimate of drug-likeness (QED) is 0.839. The predicted octanol–water partition coefficient (Wildman–Crippen LogP) is 4.19. The highest BCUT2D eigenvalue weighted by atomic mass is 15.0. The molecular formula is C17H27N. The fourth-order valence-corrected chi connectivity index (χ4v) is 3.53. The monoisotopic (exact) mass is 245 g/mol. The second kappa shape index (κ2) is 5.05. The standard InChI is InChI=1S/C17H27N/c1-6-17(5)15(11-16(17)18-7-2)14-10-12(3)8-9-13(14)4/h8-10,15-16,18H,6-7,11H2,1-5H3. The molecule has 18 heavy (non-hydrogen) atoms. The van der Waals surface area contributed by atoms with Gasteiger partial charge in [-0.1, -0.05) is 44.5 Å². The molecule has 0 aromatic heterocycles. The van der Waals surface area contributed by atoms with Crippen molar-refractivity contribution in [2.75, 3.05) is 6.54 Å². The first kappa shape index (κ1) is 13.6. The van der Waals surface area contributed by atoms with Gasteiger partial charge in [0.15, 0.2) is 0 Å². The first-order valence-electron chi connectivity index (χ1n) is 7.33. The maximum Gasteiger partial charge on any atom is 0.0132 e. The summed E-state index contributed by atoms with van der Waals surface area (Å²) in [4.78, 5) is 0. The first-order chi connectivity index (χ1) is 8.52. The fourth-order valence-electron chi connectivity index (χ4n) is 3.53. The van der Waals surface area contributed by atoms with Crippen molar-refractivity contribution in [1.82, 2.24) is 5.32 Å². The Morgan fingerprint density at radius 2 is 2.00 bits per heavy atom. The van der Waals surface area contributed by atoms with Crippen LogP contribution in [0, 0.1) is 19.3 Å². The molecule has 1 N–H and O–H groups in total. The molecular weight excluding hydrogens is 218 g/mol. The molecule has 0 saturated heterocycles. The molecule has 1 heteroatoms. The molecule has 1 saturated carbocycles. The molecule has 0 bridgehead atoms. The number of benzene rings is 1. The Balaban J connectivity index is 2.27. The van der Waals surface area contributed by atoms with Crippen LogP contribution < -0.4 is 5.32 Å². The molecule has 1 aromatic carbocycles. The Labute approximate surface area is 112 Å². The summed E-state index contributed by atoms with van der Waals surface area (Å²) in [6.45, 7) is 12.5. The number of rotatable bonds is 4. The van der Waals surface area contributed by atoms with Crippen LogP contribution >= 0.6 is 0 Å². The highest BCUT2D eigenvalue weighted by molar-refractivity contribution is 5.37. The average molecular weight is 245 g/mol.